The van der Waals surface area contributed by atoms with Crippen molar-refractivity contribution in [3.63, 3.8) is 0 Å². The fraction of sp³-hybridized carbons (Fsp3) is 0. The van der Waals surface area contributed by atoms with Gasteiger partial charge in [-0.2, -0.15) is 5.11 Å². The third-order valence-electron chi connectivity index (χ3n) is 4.33. The van der Waals surface area contributed by atoms with E-state index in [9.17, 15) is 9.90 Å². The van der Waals surface area contributed by atoms with Gasteiger partial charge in [0.05, 0.1) is 17.1 Å². The maximum Gasteiger partial charge on any atom is 0.290 e. The van der Waals surface area contributed by atoms with Crippen molar-refractivity contribution in [1.29, 1.82) is 0 Å². The van der Waals surface area contributed by atoms with Gasteiger partial charge in [-0.05, 0) is 83.3 Å². The molecule has 6 nitrogen and oxygen atoms in total. The minimum absolute atomic E-state index is 0.128. The first-order valence-electron chi connectivity index (χ1n) is 8.95. The van der Waals surface area contributed by atoms with Crippen molar-refractivity contribution < 1.29 is 5.11 Å². The number of benzene rings is 3. The molecule has 1 N–H and O–H groups in total. The summed E-state index contributed by atoms with van der Waals surface area (Å²) < 4.78 is 3.91. The highest BCUT2D eigenvalue weighted by Gasteiger charge is 2.19. The van der Waals surface area contributed by atoms with Gasteiger partial charge in [-0.15, -0.1) is 5.11 Å². The van der Waals surface area contributed by atoms with Gasteiger partial charge in [0.2, 0.25) is 11.6 Å². The molecule has 0 unspecified atom stereocenters. The first-order chi connectivity index (χ1) is 14.6. The Balaban J connectivity index is 2.01. The molecular weight excluding hydrogens is 511 g/mol. The highest BCUT2D eigenvalue weighted by atomic mass is 127. The van der Waals surface area contributed by atoms with Crippen LogP contribution in [0, 0.1) is 8.34 Å². The number of aromatic hydroxyl groups is 1. The van der Waals surface area contributed by atoms with Crippen LogP contribution < -0.4 is 5.56 Å². The summed E-state index contributed by atoms with van der Waals surface area (Å²) in [5.41, 5.74) is 0.993. The number of hydrogen-bond acceptors (Lipinski definition) is 5. The lowest BCUT2D eigenvalue weighted by Gasteiger charge is -2.16. The molecule has 0 fully saturated rings. The van der Waals surface area contributed by atoms with Crippen molar-refractivity contribution in [2.45, 2.75) is 0 Å². The third-order valence-corrected chi connectivity index (χ3v) is 5.42. The summed E-state index contributed by atoms with van der Waals surface area (Å²) in [6.07, 6.45) is 0. The molecule has 1 heterocycles. The Kier molecular flexibility index (Phi) is 5.86. The fourth-order valence-electron chi connectivity index (χ4n) is 2.90. The average molecular weight is 526 g/mol. The van der Waals surface area contributed by atoms with E-state index in [0.717, 1.165) is 3.57 Å². The molecule has 0 saturated carbocycles. The summed E-state index contributed by atoms with van der Waals surface area (Å²) >= 11 is 7.79. The molecular formula is C22H15IN4O2S. The highest BCUT2D eigenvalue weighted by molar-refractivity contribution is 14.1. The lowest BCUT2D eigenvalue weighted by atomic mass is 10.3. The first-order valence-corrected chi connectivity index (χ1v) is 10.4. The average Bonchev–Trinajstić information content (AvgIpc) is 2.76. The summed E-state index contributed by atoms with van der Waals surface area (Å²) in [5.74, 6) is -0.363. The molecule has 0 saturated heterocycles. The van der Waals surface area contributed by atoms with Gasteiger partial charge in [0.25, 0.3) is 5.56 Å². The lowest BCUT2D eigenvalue weighted by Crippen LogP contribution is -2.23. The molecule has 0 aliphatic rings. The molecule has 0 atom stereocenters. The Morgan fingerprint density at radius 3 is 1.97 bits per heavy atom. The first kappa shape index (κ1) is 20.2. The normalized spacial score (nSPS) is 11.1. The van der Waals surface area contributed by atoms with Gasteiger partial charge in [-0.3, -0.25) is 13.9 Å². The van der Waals surface area contributed by atoms with Gasteiger partial charge < -0.3 is 5.11 Å². The van der Waals surface area contributed by atoms with Crippen LogP contribution in [0.5, 0.6) is 5.88 Å². The van der Waals surface area contributed by atoms with Gasteiger partial charge in [-0.25, -0.2) is 0 Å². The molecule has 148 valence electrons. The molecule has 4 rings (SSSR count). The summed E-state index contributed by atoms with van der Waals surface area (Å²) in [7, 11) is 0. The number of aromatic nitrogens is 2. The molecule has 4 aromatic rings. The van der Waals surface area contributed by atoms with Gasteiger partial charge in [0.15, 0.2) is 4.77 Å². The van der Waals surface area contributed by atoms with Gasteiger partial charge in [0.1, 0.15) is 0 Å². The van der Waals surface area contributed by atoms with Crippen LogP contribution >= 0.6 is 34.8 Å². The Morgan fingerprint density at radius 1 is 0.767 bits per heavy atom. The number of para-hydroxylation sites is 1. The molecule has 0 radical (unpaired) electrons. The zero-order valence-corrected chi connectivity index (χ0v) is 18.5. The predicted molar refractivity (Wildman–Crippen MR) is 127 cm³/mol. The quantitative estimate of drug-likeness (QED) is 0.199. The van der Waals surface area contributed by atoms with E-state index >= 15 is 0 Å². The zero-order valence-electron chi connectivity index (χ0n) is 15.5. The molecule has 1 aromatic heterocycles. The Labute approximate surface area is 190 Å². The number of hydrogen-bond donors (Lipinski definition) is 1. The van der Waals surface area contributed by atoms with Crippen LogP contribution in [-0.2, 0) is 0 Å². The summed E-state index contributed by atoms with van der Waals surface area (Å²) in [5, 5.41) is 19.1. The predicted octanol–water partition coefficient (Wildman–Crippen LogP) is 6.08. The summed E-state index contributed by atoms with van der Waals surface area (Å²) in [6, 6.07) is 25.4. The Hall–Kier alpha value is -3.11. The second-order valence-corrected chi connectivity index (χ2v) is 7.89. The molecule has 30 heavy (non-hydrogen) atoms. The Bertz CT molecular complexity index is 1330. The third kappa shape index (κ3) is 3.96. The number of rotatable bonds is 4. The molecule has 0 spiro atoms. The molecule has 0 bridgehead atoms. The number of azo groups is 1. The summed E-state index contributed by atoms with van der Waals surface area (Å²) in [4.78, 5) is 13.2. The van der Waals surface area contributed by atoms with Crippen molar-refractivity contribution in [3.8, 4) is 17.3 Å². The van der Waals surface area contributed by atoms with E-state index in [1.165, 1.54) is 9.13 Å². The molecule has 3 aromatic carbocycles. The summed E-state index contributed by atoms with van der Waals surface area (Å²) in [6.45, 7) is 0. The fourth-order valence-corrected chi connectivity index (χ4v) is 3.64. The zero-order chi connectivity index (χ0) is 21.1. The maximum atomic E-state index is 13.2. The van der Waals surface area contributed by atoms with Crippen molar-refractivity contribution >= 4 is 46.2 Å². The van der Waals surface area contributed by atoms with Gasteiger partial charge in [0, 0.05) is 3.57 Å². The molecule has 0 aliphatic heterocycles. The largest absolute Gasteiger partial charge is 0.492 e. The van der Waals surface area contributed by atoms with Crippen molar-refractivity contribution in [2.24, 2.45) is 10.2 Å². The van der Waals surface area contributed by atoms with Crippen LogP contribution in [-0.4, -0.2) is 14.2 Å². The van der Waals surface area contributed by atoms with Crippen LogP contribution in [0.4, 0.5) is 11.4 Å². The van der Waals surface area contributed by atoms with Gasteiger partial charge >= 0.3 is 0 Å². The lowest BCUT2D eigenvalue weighted by molar-refractivity contribution is 0.432. The second kappa shape index (κ2) is 8.72. The monoisotopic (exact) mass is 526 g/mol. The standard InChI is InChI=1S/C22H15IN4O2S/c23-15-11-13-18(14-12-15)27-21(29)19(25-24-16-7-3-1-4-8-16)20(28)26(22(27)30)17-9-5-2-6-10-17/h1-14,29H. The van der Waals surface area contributed by atoms with E-state index in [-0.39, 0.29) is 16.3 Å². The molecule has 0 aliphatic carbocycles. The number of nitrogens with zero attached hydrogens (tertiary/aromatic N) is 4. The van der Waals surface area contributed by atoms with Crippen LogP contribution in [0.1, 0.15) is 0 Å². The van der Waals surface area contributed by atoms with E-state index in [0.29, 0.717) is 17.1 Å². The van der Waals surface area contributed by atoms with Crippen molar-refractivity contribution in [3.05, 3.63) is 104 Å². The molecule has 0 amide bonds. The van der Waals surface area contributed by atoms with E-state index in [1.54, 1.807) is 24.3 Å². The van der Waals surface area contributed by atoms with E-state index in [2.05, 4.69) is 32.8 Å². The topological polar surface area (TPSA) is 71.9 Å². The SMILES string of the molecule is O=c1c(N=Nc2ccccc2)c(O)n(-c2ccc(I)cc2)c(=S)n1-c1ccccc1. The minimum Gasteiger partial charge on any atom is -0.492 e. The smallest absolute Gasteiger partial charge is 0.290 e. The van der Waals surface area contributed by atoms with Gasteiger partial charge in [-0.1, -0.05) is 36.4 Å². The van der Waals surface area contributed by atoms with Crippen LogP contribution in [0.2, 0.25) is 0 Å². The van der Waals surface area contributed by atoms with Crippen LogP contribution in [0.25, 0.3) is 11.4 Å². The van der Waals surface area contributed by atoms with E-state index in [4.69, 9.17) is 12.2 Å². The van der Waals surface area contributed by atoms with E-state index < -0.39 is 5.56 Å². The number of halogens is 1. The Morgan fingerprint density at radius 2 is 1.33 bits per heavy atom. The van der Waals surface area contributed by atoms with Crippen LogP contribution in [0.3, 0.4) is 0 Å². The highest BCUT2D eigenvalue weighted by Crippen LogP contribution is 2.29. The molecule has 8 heteroatoms. The maximum absolute atomic E-state index is 13.2. The van der Waals surface area contributed by atoms with Crippen molar-refractivity contribution in [1.82, 2.24) is 9.13 Å². The second-order valence-electron chi connectivity index (χ2n) is 6.28. The van der Waals surface area contributed by atoms with E-state index in [1.807, 2.05) is 60.7 Å². The van der Waals surface area contributed by atoms with Crippen LogP contribution in [0.15, 0.2) is 100.0 Å². The minimum atomic E-state index is -0.551. The van der Waals surface area contributed by atoms with Crippen molar-refractivity contribution in [2.75, 3.05) is 0 Å².